The van der Waals surface area contributed by atoms with Gasteiger partial charge >= 0.3 is 6.09 Å². The number of fused-ring (bicyclic) bond motifs is 1. The van der Waals surface area contributed by atoms with Crippen LogP contribution in [0.3, 0.4) is 0 Å². The van der Waals surface area contributed by atoms with Gasteiger partial charge in [0.25, 0.3) is 5.91 Å². The zero-order valence-corrected chi connectivity index (χ0v) is 10.6. The van der Waals surface area contributed by atoms with Crippen LogP contribution in [0.25, 0.3) is 0 Å². The third kappa shape index (κ3) is 2.49. The molecule has 0 atom stereocenters. The third-order valence-electron chi connectivity index (χ3n) is 2.66. The molecule has 2 amide bonds. The van der Waals surface area contributed by atoms with Gasteiger partial charge in [-0.3, -0.25) is 15.0 Å². The third-order valence-corrected chi connectivity index (χ3v) is 2.66. The fraction of sp³-hybridized carbons (Fsp3) is 0.231. The summed E-state index contributed by atoms with van der Waals surface area (Å²) in [6.07, 6.45) is 4.38. The first-order chi connectivity index (χ1) is 9.56. The number of terminal acetylenes is 1. The summed E-state index contributed by atoms with van der Waals surface area (Å²) in [5.41, 5.74) is 0.169. The molecule has 0 spiro atoms. The molecular weight excluding hydrogens is 267 g/mol. The summed E-state index contributed by atoms with van der Waals surface area (Å²) >= 11 is 0. The van der Waals surface area contributed by atoms with Gasteiger partial charge in [-0.15, -0.1) is 6.42 Å². The van der Waals surface area contributed by atoms with Crippen LogP contribution in [0.2, 0.25) is 0 Å². The molecule has 104 valence electrons. The lowest BCUT2D eigenvalue weighted by Gasteiger charge is -2.28. The zero-order valence-electron chi connectivity index (χ0n) is 10.6. The molecule has 0 saturated carbocycles. The SMILES string of the molecule is C#CCN1C(=O)COc2cc(F)c(NC(=O)OC)cc21. The lowest BCUT2D eigenvalue weighted by atomic mass is 10.2. The Hall–Kier alpha value is -2.75. The van der Waals surface area contributed by atoms with Crippen molar-refractivity contribution in [1.82, 2.24) is 0 Å². The Morgan fingerprint density at radius 2 is 2.40 bits per heavy atom. The van der Waals surface area contributed by atoms with Gasteiger partial charge in [0, 0.05) is 6.07 Å². The smallest absolute Gasteiger partial charge is 0.411 e. The van der Waals surface area contributed by atoms with Crippen LogP contribution < -0.4 is 15.0 Å². The molecule has 0 saturated heterocycles. The fourth-order valence-corrected chi connectivity index (χ4v) is 1.74. The molecule has 1 aliphatic rings. The number of benzene rings is 1. The molecule has 0 bridgehead atoms. The minimum absolute atomic E-state index is 0.0263. The Morgan fingerprint density at radius 3 is 3.05 bits per heavy atom. The Balaban J connectivity index is 2.43. The van der Waals surface area contributed by atoms with Crippen molar-refractivity contribution in [2.75, 3.05) is 30.5 Å². The molecule has 1 aromatic carbocycles. The Labute approximate surface area is 114 Å². The van der Waals surface area contributed by atoms with E-state index in [2.05, 4.69) is 16.0 Å². The van der Waals surface area contributed by atoms with Gasteiger partial charge in [0.2, 0.25) is 0 Å². The number of halogens is 1. The molecule has 7 heteroatoms. The average molecular weight is 278 g/mol. The van der Waals surface area contributed by atoms with Gasteiger partial charge in [0.1, 0.15) is 5.75 Å². The van der Waals surface area contributed by atoms with E-state index < -0.39 is 11.9 Å². The van der Waals surface area contributed by atoms with Crippen molar-refractivity contribution in [3.63, 3.8) is 0 Å². The molecule has 0 aromatic heterocycles. The highest BCUT2D eigenvalue weighted by atomic mass is 19.1. The van der Waals surface area contributed by atoms with Crippen molar-refractivity contribution in [1.29, 1.82) is 0 Å². The quantitative estimate of drug-likeness (QED) is 0.829. The highest BCUT2D eigenvalue weighted by Crippen LogP contribution is 2.36. The van der Waals surface area contributed by atoms with Crippen LogP contribution in [-0.2, 0) is 9.53 Å². The molecule has 1 N–H and O–H groups in total. The number of amides is 2. The largest absolute Gasteiger partial charge is 0.481 e. The van der Waals surface area contributed by atoms with Crippen LogP contribution in [0.1, 0.15) is 0 Å². The second-order valence-electron chi connectivity index (χ2n) is 3.89. The molecule has 0 radical (unpaired) electrons. The van der Waals surface area contributed by atoms with Crippen LogP contribution in [0, 0.1) is 18.2 Å². The van der Waals surface area contributed by atoms with Crippen LogP contribution in [0.4, 0.5) is 20.6 Å². The number of methoxy groups -OCH3 is 1. The fourth-order valence-electron chi connectivity index (χ4n) is 1.74. The van der Waals surface area contributed by atoms with E-state index in [9.17, 15) is 14.0 Å². The summed E-state index contributed by atoms with van der Waals surface area (Å²) in [6, 6.07) is 2.35. The summed E-state index contributed by atoms with van der Waals surface area (Å²) in [6.45, 7) is -0.184. The minimum atomic E-state index is -0.824. The van der Waals surface area contributed by atoms with E-state index >= 15 is 0 Å². The number of hydrogen-bond donors (Lipinski definition) is 1. The van der Waals surface area contributed by atoms with Crippen LogP contribution in [0.5, 0.6) is 5.75 Å². The Bertz CT molecular complexity index is 609. The summed E-state index contributed by atoms with van der Waals surface area (Å²) in [7, 11) is 1.16. The van der Waals surface area contributed by atoms with Gasteiger partial charge in [-0.05, 0) is 6.07 Å². The monoisotopic (exact) mass is 278 g/mol. The predicted octanol–water partition coefficient (Wildman–Crippen LogP) is 1.36. The highest BCUT2D eigenvalue weighted by Gasteiger charge is 2.27. The number of carbonyl (C=O) groups is 2. The van der Waals surface area contributed by atoms with E-state index in [0.29, 0.717) is 5.69 Å². The topological polar surface area (TPSA) is 67.9 Å². The van der Waals surface area contributed by atoms with E-state index in [4.69, 9.17) is 11.2 Å². The molecular formula is C13H11FN2O4. The lowest BCUT2D eigenvalue weighted by molar-refractivity contribution is -0.121. The van der Waals surface area contributed by atoms with E-state index in [1.54, 1.807) is 0 Å². The summed E-state index contributed by atoms with van der Waals surface area (Å²) in [5, 5.41) is 2.21. The number of ether oxygens (including phenoxy) is 2. The normalized spacial score (nSPS) is 13.1. The van der Waals surface area contributed by atoms with Crippen molar-refractivity contribution in [3.8, 4) is 18.1 Å². The van der Waals surface area contributed by atoms with E-state index in [1.165, 1.54) is 11.0 Å². The summed E-state index contributed by atoms with van der Waals surface area (Å²) < 4.78 is 23.3. The first-order valence-electron chi connectivity index (χ1n) is 5.62. The van der Waals surface area contributed by atoms with Crippen molar-refractivity contribution < 1.29 is 23.5 Å². The number of carbonyl (C=O) groups excluding carboxylic acids is 2. The van der Waals surface area contributed by atoms with Crippen LogP contribution >= 0.6 is 0 Å². The van der Waals surface area contributed by atoms with Gasteiger partial charge in [0.05, 0.1) is 25.0 Å². The second kappa shape index (κ2) is 5.48. The van der Waals surface area contributed by atoms with Gasteiger partial charge in [-0.2, -0.15) is 0 Å². The van der Waals surface area contributed by atoms with Crippen molar-refractivity contribution >= 4 is 23.4 Å². The first-order valence-corrected chi connectivity index (χ1v) is 5.62. The molecule has 20 heavy (non-hydrogen) atoms. The molecule has 1 aromatic rings. The van der Waals surface area contributed by atoms with Crippen molar-refractivity contribution in [2.45, 2.75) is 0 Å². The molecule has 1 aliphatic heterocycles. The van der Waals surface area contributed by atoms with Crippen molar-refractivity contribution in [3.05, 3.63) is 17.9 Å². The predicted molar refractivity (Wildman–Crippen MR) is 69.1 cm³/mol. The first kappa shape index (κ1) is 13.7. The highest BCUT2D eigenvalue weighted by molar-refractivity contribution is 5.99. The average Bonchev–Trinajstić information content (AvgIpc) is 2.43. The molecule has 0 fully saturated rings. The second-order valence-corrected chi connectivity index (χ2v) is 3.89. The number of nitrogens with one attached hydrogen (secondary N) is 1. The number of anilines is 2. The maximum atomic E-state index is 13.8. The minimum Gasteiger partial charge on any atom is -0.481 e. The number of hydrogen-bond acceptors (Lipinski definition) is 4. The maximum Gasteiger partial charge on any atom is 0.411 e. The van der Waals surface area contributed by atoms with Gasteiger partial charge in [0.15, 0.2) is 12.4 Å². The van der Waals surface area contributed by atoms with E-state index in [0.717, 1.165) is 13.2 Å². The summed E-state index contributed by atoms with van der Waals surface area (Å²) in [4.78, 5) is 24.1. The van der Waals surface area contributed by atoms with Crippen LogP contribution in [0.15, 0.2) is 12.1 Å². The molecule has 1 heterocycles. The lowest BCUT2D eigenvalue weighted by Crippen LogP contribution is -2.39. The summed E-state index contributed by atoms with van der Waals surface area (Å²) in [5.74, 6) is 1.48. The Morgan fingerprint density at radius 1 is 1.65 bits per heavy atom. The van der Waals surface area contributed by atoms with E-state index in [-0.39, 0.29) is 30.5 Å². The van der Waals surface area contributed by atoms with Gasteiger partial charge < -0.3 is 9.47 Å². The Kier molecular flexibility index (Phi) is 3.75. The van der Waals surface area contributed by atoms with Crippen molar-refractivity contribution in [2.24, 2.45) is 0 Å². The number of nitrogens with zero attached hydrogens (tertiary/aromatic N) is 1. The van der Waals surface area contributed by atoms with Crippen LogP contribution in [-0.4, -0.2) is 32.3 Å². The van der Waals surface area contributed by atoms with Gasteiger partial charge in [-0.1, -0.05) is 5.92 Å². The zero-order chi connectivity index (χ0) is 14.7. The molecule has 2 rings (SSSR count). The standard InChI is InChI=1S/C13H11FN2O4/c1-3-4-16-10-6-9(15-13(18)19-2)8(14)5-11(10)20-7-12(16)17/h1,5-6H,4,7H2,2H3,(H,15,18). The number of rotatable bonds is 2. The van der Waals surface area contributed by atoms with E-state index in [1.807, 2.05) is 0 Å². The van der Waals surface area contributed by atoms with Gasteiger partial charge in [-0.25, -0.2) is 9.18 Å². The molecule has 0 unspecified atom stereocenters. The molecule has 6 nitrogen and oxygen atoms in total. The molecule has 0 aliphatic carbocycles. The maximum absolute atomic E-state index is 13.8.